The van der Waals surface area contributed by atoms with Crippen molar-refractivity contribution in [1.82, 2.24) is 9.03 Å². The number of nitrogens with one attached hydrogen (secondary N) is 2. The summed E-state index contributed by atoms with van der Waals surface area (Å²) in [5.74, 6) is 0.357. The number of anilines is 1. The quantitative estimate of drug-likeness (QED) is 0.711. The average Bonchev–Trinajstić information content (AvgIpc) is 2.55. The van der Waals surface area contributed by atoms with Gasteiger partial charge in [-0.1, -0.05) is 45.4 Å². The van der Waals surface area contributed by atoms with Crippen LogP contribution < -0.4 is 10.0 Å². The van der Waals surface area contributed by atoms with Gasteiger partial charge in [-0.3, -0.25) is 0 Å². The van der Waals surface area contributed by atoms with Crippen molar-refractivity contribution in [3.8, 4) is 0 Å². The molecule has 0 radical (unpaired) electrons. The molecule has 1 saturated heterocycles. The Morgan fingerprint density at radius 3 is 2.04 bits per heavy atom. The summed E-state index contributed by atoms with van der Waals surface area (Å²) < 4.78 is 28.2. The van der Waals surface area contributed by atoms with Gasteiger partial charge in [-0.25, -0.2) is 9.52 Å². The van der Waals surface area contributed by atoms with E-state index in [4.69, 9.17) is 0 Å². The first-order chi connectivity index (χ1) is 12.5. The van der Waals surface area contributed by atoms with Gasteiger partial charge >= 0.3 is 16.2 Å². The number of aliphatic hydroxyl groups excluding tert-OH is 1. The van der Waals surface area contributed by atoms with Gasteiger partial charge in [0.1, 0.15) is 0 Å². The molecular formula is C19H31N3O4S. The molecule has 0 bridgehead atoms. The van der Waals surface area contributed by atoms with Crippen LogP contribution in [0.25, 0.3) is 0 Å². The fourth-order valence-corrected chi connectivity index (χ4v) is 4.41. The average molecular weight is 398 g/mol. The predicted molar refractivity (Wildman–Crippen MR) is 107 cm³/mol. The number of carbonyl (C=O) groups is 1. The van der Waals surface area contributed by atoms with Gasteiger partial charge < -0.3 is 10.4 Å². The van der Waals surface area contributed by atoms with E-state index in [2.05, 4.69) is 10.0 Å². The summed E-state index contributed by atoms with van der Waals surface area (Å²) >= 11 is 0. The van der Waals surface area contributed by atoms with Crippen LogP contribution in [0, 0.1) is 6.92 Å². The molecule has 0 aromatic heterocycles. The van der Waals surface area contributed by atoms with E-state index in [1.165, 1.54) is 4.31 Å². The van der Waals surface area contributed by atoms with Gasteiger partial charge in [0.15, 0.2) is 0 Å². The summed E-state index contributed by atoms with van der Waals surface area (Å²) in [5.41, 5.74) is 3.74. The van der Waals surface area contributed by atoms with E-state index in [0.717, 1.165) is 16.7 Å². The number of aryl methyl sites for hydroxylation is 1. The molecule has 1 aromatic carbocycles. The Kier molecular flexibility index (Phi) is 6.88. The molecule has 27 heavy (non-hydrogen) atoms. The van der Waals surface area contributed by atoms with Crippen molar-refractivity contribution < 1.29 is 18.3 Å². The standard InChI is InChI=1S/C19H31N3O4S/c1-12(2)16-10-14(5)11-17(13(3)4)18(16)20-19(24)21-27(25,26)22-8-6-15(23)7-9-22/h10-13,15,23H,6-9H2,1-5H3,(H2,20,21,24). The Balaban J connectivity index is 2.22. The second-order valence-corrected chi connectivity index (χ2v) is 9.49. The zero-order chi connectivity index (χ0) is 20.4. The Labute approximate surface area is 162 Å². The second kappa shape index (κ2) is 8.58. The zero-order valence-electron chi connectivity index (χ0n) is 16.7. The molecule has 1 aromatic rings. The first kappa shape index (κ1) is 21.7. The second-order valence-electron chi connectivity index (χ2n) is 7.82. The molecule has 1 heterocycles. The van der Waals surface area contributed by atoms with Crippen LogP contribution in [0.4, 0.5) is 10.5 Å². The summed E-state index contributed by atoms with van der Waals surface area (Å²) in [6.45, 7) is 10.6. The SMILES string of the molecule is Cc1cc(C(C)C)c(NC(=O)NS(=O)(=O)N2CCC(O)CC2)c(C(C)C)c1. The predicted octanol–water partition coefficient (Wildman–Crippen LogP) is 3.06. The van der Waals surface area contributed by atoms with Crippen molar-refractivity contribution in [2.75, 3.05) is 18.4 Å². The zero-order valence-corrected chi connectivity index (χ0v) is 17.6. The Morgan fingerprint density at radius 2 is 1.59 bits per heavy atom. The molecule has 8 heteroatoms. The number of rotatable bonds is 5. The minimum Gasteiger partial charge on any atom is -0.393 e. The summed E-state index contributed by atoms with van der Waals surface area (Å²) in [5, 5.41) is 12.3. The van der Waals surface area contributed by atoms with Crippen LogP contribution in [0.5, 0.6) is 0 Å². The number of urea groups is 1. The van der Waals surface area contributed by atoms with Gasteiger partial charge in [-0.05, 0) is 42.7 Å². The third kappa shape index (κ3) is 5.43. The van der Waals surface area contributed by atoms with E-state index in [9.17, 15) is 18.3 Å². The highest BCUT2D eigenvalue weighted by Crippen LogP contribution is 2.33. The lowest BCUT2D eigenvalue weighted by Gasteiger charge is -2.28. The van der Waals surface area contributed by atoms with E-state index >= 15 is 0 Å². The molecule has 2 amide bonds. The number of carbonyl (C=O) groups excluding carboxylic acids is 1. The lowest BCUT2D eigenvalue weighted by Crippen LogP contribution is -2.48. The fraction of sp³-hybridized carbons (Fsp3) is 0.632. The largest absolute Gasteiger partial charge is 0.393 e. The third-order valence-electron chi connectivity index (χ3n) is 4.81. The summed E-state index contributed by atoms with van der Waals surface area (Å²) in [7, 11) is -3.94. The third-order valence-corrected chi connectivity index (χ3v) is 6.30. The number of piperidine rings is 1. The molecule has 0 atom stereocenters. The molecule has 0 saturated carbocycles. The molecule has 3 N–H and O–H groups in total. The summed E-state index contributed by atoms with van der Waals surface area (Å²) in [4.78, 5) is 12.5. The number of nitrogens with zero attached hydrogens (tertiary/aromatic N) is 1. The Bertz CT molecular complexity index is 753. The maximum absolute atomic E-state index is 12.5. The van der Waals surface area contributed by atoms with Crippen molar-refractivity contribution in [2.24, 2.45) is 0 Å². The lowest BCUT2D eigenvalue weighted by atomic mass is 9.90. The Hall–Kier alpha value is -1.64. The van der Waals surface area contributed by atoms with E-state index in [1.54, 1.807) is 0 Å². The molecule has 152 valence electrons. The first-order valence-electron chi connectivity index (χ1n) is 9.42. The minimum atomic E-state index is -3.94. The van der Waals surface area contributed by atoms with Crippen LogP contribution in [0.15, 0.2) is 12.1 Å². The smallest absolute Gasteiger partial charge is 0.333 e. The molecule has 0 unspecified atom stereocenters. The number of hydrogen-bond donors (Lipinski definition) is 3. The van der Waals surface area contributed by atoms with Gasteiger partial charge in [-0.15, -0.1) is 0 Å². The van der Waals surface area contributed by atoms with Crippen LogP contribution in [-0.4, -0.2) is 43.1 Å². The van der Waals surface area contributed by atoms with Gasteiger partial charge in [0.2, 0.25) is 0 Å². The minimum absolute atomic E-state index is 0.179. The van der Waals surface area contributed by atoms with Crippen LogP contribution in [0.3, 0.4) is 0 Å². The number of aliphatic hydroxyl groups is 1. The first-order valence-corrected chi connectivity index (χ1v) is 10.9. The van der Waals surface area contributed by atoms with Gasteiger partial charge in [0, 0.05) is 18.8 Å². The normalized spacial score (nSPS) is 16.7. The maximum atomic E-state index is 12.5. The van der Waals surface area contributed by atoms with Gasteiger partial charge in [0.25, 0.3) is 0 Å². The topological polar surface area (TPSA) is 98.7 Å². The van der Waals surface area contributed by atoms with Crippen molar-refractivity contribution in [1.29, 1.82) is 0 Å². The van der Waals surface area contributed by atoms with Crippen molar-refractivity contribution in [2.45, 2.75) is 65.4 Å². The molecule has 7 nitrogen and oxygen atoms in total. The van der Waals surface area contributed by atoms with Crippen LogP contribution >= 0.6 is 0 Å². The molecule has 0 aliphatic carbocycles. The van der Waals surface area contributed by atoms with E-state index in [0.29, 0.717) is 18.5 Å². The number of amides is 2. The van der Waals surface area contributed by atoms with Gasteiger partial charge in [-0.2, -0.15) is 12.7 Å². The molecule has 0 spiro atoms. The molecular weight excluding hydrogens is 366 g/mol. The maximum Gasteiger partial charge on any atom is 0.333 e. The molecule has 1 aliphatic rings. The van der Waals surface area contributed by atoms with Crippen molar-refractivity contribution in [3.63, 3.8) is 0 Å². The lowest BCUT2D eigenvalue weighted by molar-refractivity contribution is 0.112. The highest BCUT2D eigenvalue weighted by Gasteiger charge is 2.29. The molecule has 2 rings (SSSR count). The molecule has 1 fully saturated rings. The number of hydrogen-bond acceptors (Lipinski definition) is 4. The summed E-state index contributed by atoms with van der Waals surface area (Å²) in [6, 6.07) is 3.27. The van der Waals surface area contributed by atoms with Crippen LogP contribution in [-0.2, 0) is 10.2 Å². The van der Waals surface area contributed by atoms with E-state index in [-0.39, 0.29) is 24.9 Å². The van der Waals surface area contributed by atoms with Crippen LogP contribution in [0.2, 0.25) is 0 Å². The fourth-order valence-electron chi connectivity index (χ4n) is 3.30. The van der Waals surface area contributed by atoms with Crippen molar-refractivity contribution in [3.05, 3.63) is 28.8 Å². The van der Waals surface area contributed by atoms with Crippen molar-refractivity contribution >= 4 is 21.9 Å². The monoisotopic (exact) mass is 397 g/mol. The van der Waals surface area contributed by atoms with E-state index in [1.807, 2.05) is 46.8 Å². The summed E-state index contributed by atoms with van der Waals surface area (Å²) in [6.07, 6.45) is 0.255. The number of benzene rings is 1. The highest BCUT2D eigenvalue weighted by molar-refractivity contribution is 7.87. The van der Waals surface area contributed by atoms with Gasteiger partial charge in [0.05, 0.1) is 6.10 Å². The van der Waals surface area contributed by atoms with E-state index < -0.39 is 22.3 Å². The molecule has 1 aliphatic heterocycles. The van der Waals surface area contributed by atoms with Crippen LogP contribution in [0.1, 0.15) is 69.1 Å². The Morgan fingerprint density at radius 1 is 1.11 bits per heavy atom. The highest BCUT2D eigenvalue weighted by atomic mass is 32.2.